The Hall–Kier alpha value is -2.15. The molecule has 0 saturated heterocycles. The molecular formula is C30H48O. The van der Waals surface area contributed by atoms with Crippen LogP contribution in [-0.4, -0.2) is 5.78 Å². The second-order valence-corrected chi connectivity index (χ2v) is 8.46. The molecule has 0 aromatic heterocycles. The molecule has 1 nitrogen and oxygen atoms in total. The molecule has 1 unspecified atom stereocenters. The predicted molar refractivity (Wildman–Crippen MR) is 142 cm³/mol. The number of hydrogen-bond acceptors (Lipinski definition) is 1. The summed E-state index contributed by atoms with van der Waals surface area (Å²) < 4.78 is 0. The minimum Gasteiger partial charge on any atom is -0.300 e. The van der Waals surface area contributed by atoms with Gasteiger partial charge in [0.05, 0.1) is 0 Å². The molecule has 0 aliphatic heterocycles. The van der Waals surface area contributed by atoms with Crippen LogP contribution in [0.15, 0.2) is 84.6 Å². The first kappa shape index (κ1) is 31.0. The third-order valence-corrected chi connectivity index (χ3v) is 5.74. The molecule has 0 radical (unpaired) electrons. The van der Waals surface area contributed by atoms with Crippen LogP contribution in [0.5, 0.6) is 0 Å². The van der Waals surface area contributed by atoms with Gasteiger partial charge in [-0.15, -0.1) is 0 Å². The van der Waals surface area contributed by atoms with Crippen molar-refractivity contribution in [3.8, 4) is 0 Å². The van der Waals surface area contributed by atoms with Crippen LogP contribution >= 0.6 is 0 Å². The molecule has 31 heavy (non-hydrogen) atoms. The fourth-order valence-electron chi connectivity index (χ4n) is 3.87. The topological polar surface area (TPSA) is 17.1 Å². The van der Waals surface area contributed by atoms with E-state index in [1.165, 1.54) is 22.3 Å². The number of Topliss-reactive ketones (excluding diaryl/α,β-unsaturated/α-hetero) is 1. The van der Waals surface area contributed by atoms with Crippen LogP contribution in [0, 0.1) is 10.8 Å². The molecule has 1 rings (SSSR count). The predicted octanol–water partition coefficient (Wildman–Crippen LogP) is 9.52. The molecule has 1 heteroatoms. The zero-order chi connectivity index (χ0) is 24.7. The monoisotopic (exact) mass is 424 g/mol. The van der Waals surface area contributed by atoms with Crippen molar-refractivity contribution < 1.29 is 4.79 Å². The standard InChI is InChI=1S/C26H36O.2C2H6/c1-9-12-14-23-21(5)22(11-3)24(15-13-10-2)26(23,8)19-18-25(6,7)17-16-20(4)27;2*1-2/h9-15H,1-3,16-19H2,4-8H3;2*1-2H3/b14-12-,15-13-;;. The Labute approximate surface area is 194 Å². The van der Waals surface area contributed by atoms with Crippen LogP contribution < -0.4 is 0 Å². The molecule has 0 aromatic carbocycles. The summed E-state index contributed by atoms with van der Waals surface area (Å²) in [7, 11) is 0. The van der Waals surface area contributed by atoms with Crippen LogP contribution in [-0.2, 0) is 4.79 Å². The summed E-state index contributed by atoms with van der Waals surface area (Å²) in [5.41, 5.74) is 5.13. The second-order valence-electron chi connectivity index (χ2n) is 8.46. The molecule has 0 bridgehead atoms. The van der Waals surface area contributed by atoms with E-state index in [4.69, 9.17) is 0 Å². The lowest BCUT2D eigenvalue weighted by molar-refractivity contribution is -0.117. The SMILES string of the molecule is C=C/C=C\C1=C(C)C(C=C)=C(/C=C\C=C)C1(C)CCC(C)(C)CCC(C)=O.CC.CC. The van der Waals surface area contributed by atoms with Gasteiger partial charge < -0.3 is 4.79 Å². The van der Waals surface area contributed by atoms with E-state index in [0.717, 1.165) is 19.3 Å². The van der Waals surface area contributed by atoms with Gasteiger partial charge >= 0.3 is 0 Å². The number of carbonyl (C=O) groups excluding carboxylic acids is 1. The van der Waals surface area contributed by atoms with Gasteiger partial charge in [0.15, 0.2) is 0 Å². The van der Waals surface area contributed by atoms with Gasteiger partial charge in [-0.2, -0.15) is 0 Å². The zero-order valence-corrected chi connectivity index (χ0v) is 21.9. The highest BCUT2D eigenvalue weighted by atomic mass is 16.1. The van der Waals surface area contributed by atoms with Crippen molar-refractivity contribution in [2.75, 3.05) is 0 Å². The highest BCUT2D eigenvalue weighted by molar-refractivity contribution is 5.75. The largest absolute Gasteiger partial charge is 0.300 e. The smallest absolute Gasteiger partial charge is 0.129 e. The van der Waals surface area contributed by atoms with E-state index >= 15 is 0 Å². The van der Waals surface area contributed by atoms with Gasteiger partial charge in [0, 0.05) is 11.8 Å². The Morgan fingerprint density at radius 2 is 1.42 bits per heavy atom. The molecule has 0 amide bonds. The van der Waals surface area contributed by atoms with Crippen LogP contribution in [0.1, 0.15) is 88.0 Å². The first-order chi connectivity index (χ1) is 14.6. The average Bonchev–Trinajstić information content (AvgIpc) is 2.96. The molecule has 1 atom stereocenters. The van der Waals surface area contributed by atoms with Gasteiger partial charge in [-0.1, -0.05) is 111 Å². The van der Waals surface area contributed by atoms with E-state index in [0.29, 0.717) is 6.42 Å². The maximum absolute atomic E-state index is 11.4. The number of rotatable bonds is 11. The molecular weight excluding hydrogens is 376 g/mol. The van der Waals surface area contributed by atoms with E-state index in [-0.39, 0.29) is 16.6 Å². The van der Waals surface area contributed by atoms with Gasteiger partial charge in [-0.3, -0.25) is 0 Å². The number of hydrogen-bond donors (Lipinski definition) is 0. The van der Waals surface area contributed by atoms with Crippen molar-refractivity contribution in [1.29, 1.82) is 0 Å². The van der Waals surface area contributed by atoms with Gasteiger partial charge in [0.2, 0.25) is 0 Å². The van der Waals surface area contributed by atoms with Crippen molar-refractivity contribution in [3.63, 3.8) is 0 Å². The molecule has 0 fully saturated rings. The highest BCUT2D eigenvalue weighted by Gasteiger charge is 2.39. The second kappa shape index (κ2) is 15.6. The summed E-state index contributed by atoms with van der Waals surface area (Å²) in [6.45, 7) is 30.4. The van der Waals surface area contributed by atoms with Crippen LogP contribution in [0.4, 0.5) is 0 Å². The normalized spacial score (nSPS) is 18.5. The van der Waals surface area contributed by atoms with Crippen LogP contribution in [0.2, 0.25) is 0 Å². The Bertz CT molecular complexity index is 722. The maximum atomic E-state index is 11.4. The lowest BCUT2D eigenvalue weighted by Gasteiger charge is -2.34. The molecule has 1 aliphatic rings. The van der Waals surface area contributed by atoms with Gasteiger partial charge in [-0.25, -0.2) is 0 Å². The Kier molecular flexibility index (Phi) is 15.6. The zero-order valence-electron chi connectivity index (χ0n) is 21.9. The highest BCUT2D eigenvalue weighted by Crippen LogP contribution is 2.52. The van der Waals surface area contributed by atoms with E-state index < -0.39 is 0 Å². The molecule has 174 valence electrons. The minimum atomic E-state index is -0.0971. The number of carbonyl (C=O) groups is 1. The van der Waals surface area contributed by atoms with Crippen LogP contribution in [0.3, 0.4) is 0 Å². The van der Waals surface area contributed by atoms with Gasteiger partial charge in [-0.05, 0) is 60.8 Å². The summed E-state index contributed by atoms with van der Waals surface area (Å²) in [6, 6.07) is 0. The first-order valence-electron chi connectivity index (χ1n) is 11.8. The molecule has 0 heterocycles. The fraction of sp³-hybridized carbons (Fsp3) is 0.500. The number of ketones is 1. The van der Waals surface area contributed by atoms with Crippen molar-refractivity contribution in [3.05, 3.63) is 84.6 Å². The summed E-state index contributed by atoms with van der Waals surface area (Å²) in [5, 5.41) is 0. The summed E-state index contributed by atoms with van der Waals surface area (Å²) in [6.07, 6.45) is 17.6. The van der Waals surface area contributed by atoms with Gasteiger partial charge in [0.1, 0.15) is 5.78 Å². The Balaban J connectivity index is 0. The fourth-order valence-corrected chi connectivity index (χ4v) is 3.87. The molecule has 0 aromatic rings. The first-order valence-corrected chi connectivity index (χ1v) is 11.8. The molecule has 0 N–H and O–H groups in total. The van der Waals surface area contributed by atoms with Crippen molar-refractivity contribution in [2.24, 2.45) is 10.8 Å². The Morgan fingerprint density at radius 1 is 0.935 bits per heavy atom. The van der Waals surface area contributed by atoms with Crippen LogP contribution in [0.25, 0.3) is 0 Å². The maximum Gasteiger partial charge on any atom is 0.129 e. The van der Waals surface area contributed by atoms with E-state index in [2.05, 4.69) is 59.6 Å². The Morgan fingerprint density at radius 3 is 1.84 bits per heavy atom. The third-order valence-electron chi connectivity index (χ3n) is 5.74. The summed E-state index contributed by atoms with van der Waals surface area (Å²) in [4.78, 5) is 11.4. The van der Waals surface area contributed by atoms with Crippen molar-refractivity contribution in [1.82, 2.24) is 0 Å². The number of allylic oxidation sites excluding steroid dienone is 11. The summed E-state index contributed by atoms with van der Waals surface area (Å²) >= 11 is 0. The molecule has 0 saturated carbocycles. The van der Waals surface area contributed by atoms with Crippen molar-refractivity contribution in [2.45, 2.75) is 88.0 Å². The molecule has 1 aliphatic carbocycles. The van der Waals surface area contributed by atoms with E-state index in [1.54, 1.807) is 6.92 Å². The van der Waals surface area contributed by atoms with E-state index in [1.807, 2.05) is 58.1 Å². The third kappa shape index (κ3) is 9.25. The van der Waals surface area contributed by atoms with Crippen molar-refractivity contribution >= 4 is 5.78 Å². The lowest BCUT2D eigenvalue weighted by atomic mass is 9.69. The quantitative estimate of drug-likeness (QED) is 0.302. The summed E-state index contributed by atoms with van der Waals surface area (Å²) in [5.74, 6) is 0.268. The lowest BCUT2D eigenvalue weighted by Crippen LogP contribution is -2.23. The van der Waals surface area contributed by atoms with E-state index in [9.17, 15) is 4.79 Å². The average molecular weight is 425 g/mol. The van der Waals surface area contributed by atoms with Gasteiger partial charge in [0.25, 0.3) is 0 Å². The minimum absolute atomic E-state index is 0.0971. The molecule has 0 spiro atoms.